The molecule has 0 spiro atoms. The van der Waals surface area contributed by atoms with E-state index in [1.807, 2.05) is 0 Å². The van der Waals surface area contributed by atoms with Gasteiger partial charge in [-0.25, -0.2) is 0 Å². The van der Waals surface area contributed by atoms with Crippen LogP contribution in [0.1, 0.15) is 0 Å². The van der Waals surface area contributed by atoms with Crippen LogP contribution in [-0.2, 0) is 0 Å². The summed E-state index contributed by atoms with van der Waals surface area (Å²) in [6.07, 6.45) is 0. The zero-order valence-corrected chi connectivity index (χ0v) is 4.13. The van der Waals surface area contributed by atoms with Crippen molar-refractivity contribution in [2.75, 3.05) is 0 Å². The third-order valence-corrected chi connectivity index (χ3v) is 0.822. The molecule has 6 heavy (non-hydrogen) atoms. The molecule has 0 aromatic carbocycles. The normalized spacial score (nSPS) is 13.8. The summed E-state index contributed by atoms with van der Waals surface area (Å²) < 4.78 is 0. The van der Waals surface area contributed by atoms with Gasteiger partial charge in [0, 0.05) is 0 Å². The second-order valence-electron chi connectivity index (χ2n) is 0.891. The molecule has 0 aliphatic heterocycles. The van der Waals surface area contributed by atoms with Gasteiger partial charge in [-0.1, -0.05) is 0 Å². The van der Waals surface area contributed by atoms with Crippen molar-refractivity contribution in [1.29, 1.82) is 0 Å². The number of hydrogen-bond acceptors (Lipinski definition) is 3. The monoisotopic (exact) mass is 110 g/mol. The van der Waals surface area contributed by atoms with Crippen LogP contribution < -0.4 is 0 Å². The molecule has 3 nitrogen and oxygen atoms in total. The van der Waals surface area contributed by atoms with Gasteiger partial charge in [0.25, 0.3) is 0 Å². The van der Waals surface area contributed by atoms with Crippen molar-refractivity contribution >= 4 is 7.94 Å². The van der Waals surface area contributed by atoms with E-state index in [0.717, 1.165) is 5.82 Å². The fourth-order valence-corrected chi connectivity index (χ4v) is 0. The second-order valence-corrected chi connectivity index (χ2v) is 2.67. The molecule has 38 valence electrons. The summed E-state index contributed by atoms with van der Waals surface area (Å²) in [4.78, 5) is 23.9. The average Bonchev–Trinajstić information content (AvgIpc) is 1.35. The van der Waals surface area contributed by atoms with Crippen molar-refractivity contribution < 1.29 is 14.7 Å². The molecule has 0 heterocycles. The molecule has 0 aromatic heterocycles. The van der Waals surface area contributed by atoms with E-state index in [1.165, 1.54) is 0 Å². The van der Waals surface area contributed by atoms with Crippen molar-refractivity contribution in [3.05, 3.63) is 12.4 Å². The minimum atomic E-state index is -3.87. The summed E-state index contributed by atoms with van der Waals surface area (Å²) in [6.45, 7) is 2.94. The number of hydrogen-bond donors (Lipinski definition) is 3. The molecular formula is C2H7O3P. The van der Waals surface area contributed by atoms with Crippen molar-refractivity contribution in [3.8, 4) is 0 Å². The Kier molecular flexibility index (Phi) is 1.68. The molecule has 4 heteroatoms. The molecule has 0 aromatic rings. The molecule has 0 radical (unpaired) electrons. The van der Waals surface area contributed by atoms with Crippen LogP contribution in [0.25, 0.3) is 0 Å². The molecule has 0 aliphatic rings. The van der Waals surface area contributed by atoms with E-state index < -0.39 is 7.94 Å². The molecule has 0 saturated heterocycles. The van der Waals surface area contributed by atoms with Crippen LogP contribution in [0.3, 0.4) is 0 Å². The molecule has 0 rings (SSSR count). The molecular weight excluding hydrogens is 103 g/mol. The first-order valence-corrected chi connectivity index (χ1v) is 3.29. The van der Waals surface area contributed by atoms with Crippen LogP contribution in [0.2, 0.25) is 0 Å². The van der Waals surface area contributed by atoms with Crippen LogP contribution in [-0.4, -0.2) is 14.7 Å². The Morgan fingerprint density at radius 3 is 1.50 bits per heavy atom. The zero-order valence-electron chi connectivity index (χ0n) is 3.13. The summed E-state index contributed by atoms with van der Waals surface area (Å²) >= 11 is 0. The maximum atomic E-state index is 7.96. The van der Waals surface area contributed by atoms with Gasteiger partial charge in [0.05, 0.1) is 0 Å². The van der Waals surface area contributed by atoms with Gasteiger partial charge in [0.1, 0.15) is 0 Å². The first-order chi connectivity index (χ1) is 2.56. The SMILES string of the molecule is C=C[PH](O)(O)O. The maximum absolute atomic E-state index is 7.96. The zero-order chi connectivity index (χ0) is 5.21. The Morgan fingerprint density at radius 1 is 1.33 bits per heavy atom. The summed E-state index contributed by atoms with van der Waals surface area (Å²) in [5.41, 5.74) is 0. The molecule has 0 aliphatic carbocycles. The van der Waals surface area contributed by atoms with E-state index in [4.69, 9.17) is 14.7 Å². The molecule has 0 amide bonds. The van der Waals surface area contributed by atoms with E-state index >= 15 is 0 Å². The summed E-state index contributed by atoms with van der Waals surface area (Å²) in [5.74, 6) is 0.743. The minimum absolute atomic E-state index is 0.743. The van der Waals surface area contributed by atoms with Gasteiger partial charge >= 0.3 is 35.0 Å². The van der Waals surface area contributed by atoms with Gasteiger partial charge in [-0.3, -0.25) is 0 Å². The molecule has 0 bridgehead atoms. The second kappa shape index (κ2) is 1.67. The summed E-state index contributed by atoms with van der Waals surface area (Å²) in [6, 6.07) is 0. The number of rotatable bonds is 1. The van der Waals surface area contributed by atoms with E-state index in [1.54, 1.807) is 0 Å². The quantitative estimate of drug-likeness (QED) is 0.402. The molecule has 0 fully saturated rings. The van der Waals surface area contributed by atoms with E-state index in [2.05, 4.69) is 6.58 Å². The van der Waals surface area contributed by atoms with Gasteiger partial charge in [0.2, 0.25) is 0 Å². The molecule has 0 unspecified atom stereocenters. The predicted octanol–water partition coefficient (Wildman–Crippen LogP) is -0.398. The van der Waals surface area contributed by atoms with Crippen LogP contribution in [0, 0.1) is 0 Å². The van der Waals surface area contributed by atoms with Crippen LogP contribution >= 0.6 is 7.94 Å². The predicted molar refractivity (Wildman–Crippen MR) is 25.2 cm³/mol. The van der Waals surface area contributed by atoms with Crippen molar-refractivity contribution in [2.45, 2.75) is 0 Å². The fraction of sp³-hybridized carbons (Fsp3) is 0. The van der Waals surface area contributed by atoms with Crippen LogP contribution in [0.5, 0.6) is 0 Å². The van der Waals surface area contributed by atoms with Gasteiger partial charge in [-0.2, -0.15) is 0 Å². The van der Waals surface area contributed by atoms with Crippen molar-refractivity contribution in [1.82, 2.24) is 0 Å². The first kappa shape index (κ1) is 6.05. The third kappa shape index (κ3) is 4.05. The Labute approximate surface area is 36.1 Å². The van der Waals surface area contributed by atoms with Gasteiger partial charge < -0.3 is 0 Å². The Hall–Kier alpha value is 0.0500. The van der Waals surface area contributed by atoms with Crippen molar-refractivity contribution in [3.63, 3.8) is 0 Å². The standard InChI is InChI=1S/C2H7O3P/c1-2-6(3,4)5/h2-6H,1H2. The third-order valence-electron chi connectivity index (χ3n) is 0.274. The van der Waals surface area contributed by atoms with Gasteiger partial charge in [0.15, 0.2) is 0 Å². The van der Waals surface area contributed by atoms with E-state index in [0.29, 0.717) is 0 Å². The fourth-order valence-electron chi connectivity index (χ4n) is 0. The van der Waals surface area contributed by atoms with Crippen molar-refractivity contribution in [2.24, 2.45) is 0 Å². The Bertz CT molecular complexity index is 54.3. The van der Waals surface area contributed by atoms with Crippen LogP contribution in [0.4, 0.5) is 0 Å². The Morgan fingerprint density at radius 2 is 1.50 bits per heavy atom. The summed E-state index contributed by atoms with van der Waals surface area (Å²) in [7, 11) is -3.87. The molecule has 3 N–H and O–H groups in total. The van der Waals surface area contributed by atoms with E-state index in [-0.39, 0.29) is 0 Å². The van der Waals surface area contributed by atoms with E-state index in [9.17, 15) is 0 Å². The topological polar surface area (TPSA) is 60.7 Å². The van der Waals surface area contributed by atoms with Gasteiger partial charge in [-0.15, -0.1) is 0 Å². The molecule has 0 atom stereocenters. The average molecular weight is 110 g/mol. The Balaban J connectivity index is 3.45. The van der Waals surface area contributed by atoms with Gasteiger partial charge in [-0.05, 0) is 0 Å². The first-order valence-electron chi connectivity index (χ1n) is 1.37. The summed E-state index contributed by atoms with van der Waals surface area (Å²) in [5, 5.41) is 0. The van der Waals surface area contributed by atoms with Crippen LogP contribution in [0.15, 0.2) is 12.4 Å². The molecule has 0 saturated carbocycles.